The summed E-state index contributed by atoms with van der Waals surface area (Å²) in [4.78, 5) is -0.0763. The number of nitrogens with one attached hydrogen (secondary N) is 1. The molecule has 1 unspecified atom stereocenters. The van der Waals surface area contributed by atoms with Gasteiger partial charge in [-0.15, -0.1) is 0 Å². The van der Waals surface area contributed by atoms with Crippen molar-refractivity contribution in [3.63, 3.8) is 0 Å². The van der Waals surface area contributed by atoms with E-state index in [9.17, 15) is 13.5 Å². The Morgan fingerprint density at radius 1 is 1.10 bits per heavy atom. The van der Waals surface area contributed by atoms with Crippen LogP contribution in [-0.2, 0) is 16.4 Å². The molecule has 0 radical (unpaired) electrons. The van der Waals surface area contributed by atoms with Gasteiger partial charge in [0, 0.05) is 12.5 Å². The molecular formula is C15H15NO3S. The van der Waals surface area contributed by atoms with Crippen molar-refractivity contribution >= 4 is 10.0 Å². The molecule has 0 bridgehead atoms. The van der Waals surface area contributed by atoms with E-state index in [0.717, 1.165) is 6.42 Å². The van der Waals surface area contributed by atoms with Crippen molar-refractivity contribution in [1.82, 2.24) is 4.72 Å². The molecule has 0 spiro atoms. The number of sulfonamides is 1. The van der Waals surface area contributed by atoms with E-state index < -0.39 is 10.0 Å². The lowest BCUT2D eigenvalue weighted by Crippen LogP contribution is -2.33. The molecule has 0 aliphatic heterocycles. The van der Waals surface area contributed by atoms with Gasteiger partial charge in [-0.25, -0.2) is 13.1 Å². The van der Waals surface area contributed by atoms with Gasteiger partial charge < -0.3 is 5.11 Å². The van der Waals surface area contributed by atoms with Crippen molar-refractivity contribution in [1.29, 1.82) is 0 Å². The number of phenols is 1. The Balaban J connectivity index is 1.72. The zero-order chi connectivity index (χ0) is 14.2. The molecule has 0 aromatic heterocycles. The maximum absolute atomic E-state index is 12.1. The van der Waals surface area contributed by atoms with Crippen molar-refractivity contribution in [2.24, 2.45) is 0 Å². The molecule has 0 heterocycles. The summed E-state index contributed by atoms with van der Waals surface area (Å²) in [5.41, 5.74) is 2.48. The number of fused-ring (bicyclic) bond motifs is 1. The van der Waals surface area contributed by atoms with E-state index in [1.54, 1.807) is 12.1 Å². The topological polar surface area (TPSA) is 66.4 Å². The first kappa shape index (κ1) is 13.1. The summed E-state index contributed by atoms with van der Waals surface area (Å²) in [5, 5.41) is 9.62. The third kappa shape index (κ3) is 2.30. The molecule has 2 N–H and O–H groups in total. The van der Waals surface area contributed by atoms with Crippen molar-refractivity contribution in [2.75, 3.05) is 6.54 Å². The van der Waals surface area contributed by atoms with Gasteiger partial charge in [-0.05, 0) is 29.7 Å². The highest BCUT2D eigenvalue weighted by molar-refractivity contribution is 7.89. The normalized spacial score (nSPS) is 17.3. The molecule has 0 fully saturated rings. The first-order chi connectivity index (χ1) is 9.58. The Labute approximate surface area is 118 Å². The van der Waals surface area contributed by atoms with Gasteiger partial charge in [0.2, 0.25) is 10.0 Å². The van der Waals surface area contributed by atoms with Gasteiger partial charge in [0.05, 0.1) is 0 Å². The van der Waals surface area contributed by atoms with E-state index in [2.05, 4.69) is 10.8 Å². The molecule has 1 aliphatic rings. The molecule has 20 heavy (non-hydrogen) atoms. The molecule has 5 heteroatoms. The number of phenolic OH excluding ortho intramolecular Hbond substituents is 1. The van der Waals surface area contributed by atoms with Gasteiger partial charge in [-0.1, -0.05) is 36.4 Å². The first-order valence-corrected chi connectivity index (χ1v) is 7.92. The molecular weight excluding hydrogens is 274 g/mol. The Morgan fingerprint density at radius 3 is 2.55 bits per heavy atom. The second-order valence-corrected chi connectivity index (χ2v) is 6.65. The summed E-state index contributed by atoms with van der Waals surface area (Å²) in [6, 6.07) is 14.0. The van der Waals surface area contributed by atoms with Crippen molar-refractivity contribution in [3.05, 3.63) is 59.7 Å². The molecule has 2 aromatic carbocycles. The second-order valence-electron chi connectivity index (χ2n) is 4.92. The minimum absolute atomic E-state index is 0.0763. The summed E-state index contributed by atoms with van der Waals surface area (Å²) in [6.45, 7) is 0.355. The van der Waals surface area contributed by atoms with Gasteiger partial charge in [0.1, 0.15) is 10.6 Å². The fourth-order valence-corrected chi connectivity index (χ4v) is 3.69. The van der Waals surface area contributed by atoms with Gasteiger partial charge in [-0.2, -0.15) is 0 Å². The quantitative estimate of drug-likeness (QED) is 0.905. The minimum atomic E-state index is -3.66. The average molecular weight is 289 g/mol. The smallest absolute Gasteiger partial charge is 0.244 e. The fourth-order valence-electron chi connectivity index (χ4n) is 2.52. The van der Waals surface area contributed by atoms with Crippen LogP contribution < -0.4 is 4.72 Å². The van der Waals surface area contributed by atoms with Crippen LogP contribution in [0.5, 0.6) is 5.75 Å². The van der Waals surface area contributed by atoms with Crippen LogP contribution in [0.4, 0.5) is 0 Å². The van der Waals surface area contributed by atoms with Gasteiger partial charge >= 0.3 is 0 Å². The SMILES string of the molecule is O=S(=O)(NCC1Cc2ccccc21)c1ccccc1O. The molecule has 1 aliphatic carbocycles. The zero-order valence-corrected chi connectivity index (χ0v) is 11.6. The van der Waals surface area contributed by atoms with Crippen molar-refractivity contribution in [2.45, 2.75) is 17.2 Å². The van der Waals surface area contributed by atoms with Crippen LogP contribution in [0.2, 0.25) is 0 Å². The lowest BCUT2D eigenvalue weighted by Gasteiger charge is -2.30. The van der Waals surface area contributed by atoms with Crippen molar-refractivity contribution in [3.8, 4) is 5.75 Å². The van der Waals surface area contributed by atoms with E-state index in [4.69, 9.17) is 0 Å². The van der Waals surface area contributed by atoms with Crippen LogP contribution in [0.25, 0.3) is 0 Å². The van der Waals surface area contributed by atoms with E-state index in [1.807, 2.05) is 18.2 Å². The minimum Gasteiger partial charge on any atom is -0.507 e. The van der Waals surface area contributed by atoms with Gasteiger partial charge in [0.25, 0.3) is 0 Å². The number of hydrogen-bond donors (Lipinski definition) is 2. The standard InChI is InChI=1S/C15H15NO3S/c17-14-7-3-4-8-15(14)20(18,19)16-10-12-9-11-5-1-2-6-13(11)12/h1-8,12,16-17H,9-10H2. The highest BCUT2D eigenvalue weighted by atomic mass is 32.2. The van der Waals surface area contributed by atoms with E-state index in [0.29, 0.717) is 6.54 Å². The van der Waals surface area contributed by atoms with Gasteiger partial charge in [0.15, 0.2) is 0 Å². The van der Waals surface area contributed by atoms with Crippen LogP contribution in [0.15, 0.2) is 53.4 Å². The lowest BCUT2D eigenvalue weighted by molar-refractivity contribution is 0.457. The third-order valence-electron chi connectivity index (χ3n) is 3.64. The van der Waals surface area contributed by atoms with E-state index >= 15 is 0 Å². The monoisotopic (exact) mass is 289 g/mol. The zero-order valence-electron chi connectivity index (χ0n) is 10.8. The van der Waals surface area contributed by atoms with Crippen LogP contribution >= 0.6 is 0 Å². The fraction of sp³-hybridized carbons (Fsp3) is 0.200. The molecule has 3 rings (SSSR count). The number of aromatic hydroxyl groups is 1. The number of para-hydroxylation sites is 1. The first-order valence-electron chi connectivity index (χ1n) is 6.43. The van der Waals surface area contributed by atoms with E-state index in [-0.39, 0.29) is 16.6 Å². The predicted octanol–water partition coefficient (Wildman–Crippen LogP) is 2.01. The molecule has 0 saturated carbocycles. The molecule has 2 aromatic rings. The largest absolute Gasteiger partial charge is 0.507 e. The third-order valence-corrected chi connectivity index (χ3v) is 5.11. The van der Waals surface area contributed by atoms with Gasteiger partial charge in [-0.3, -0.25) is 0 Å². The Hall–Kier alpha value is -1.85. The van der Waals surface area contributed by atoms with Crippen LogP contribution in [0.1, 0.15) is 17.0 Å². The lowest BCUT2D eigenvalue weighted by atomic mass is 9.78. The Bertz CT molecular complexity index is 740. The molecule has 0 saturated heterocycles. The molecule has 0 amide bonds. The van der Waals surface area contributed by atoms with Crippen LogP contribution in [0.3, 0.4) is 0 Å². The summed E-state index contributed by atoms with van der Waals surface area (Å²) in [5.74, 6) is -0.0131. The maximum atomic E-state index is 12.1. The molecule has 104 valence electrons. The Morgan fingerprint density at radius 2 is 1.80 bits per heavy atom. The Kier molecular flexibility index (Phi) is 3.23. The summed E-state index contributed by atoms with van der Waals surface area (Å²) < 4.78 is 26.8. The number of benzene rings is 2. The second kappa shape index (κ2) is 4.92. The van der Waals surface area contributed by atoms with E-state index in [1.165, 1.54) is 23.3 Å². The highest BCUT2D eigenvalue weighted by Crippen LogP contribution is 2.34. The van der Waals surface area contributed by atoms with Crippen LogP contribution in [0, 0.1) is 0 Å². The van der Waals surface area contributed by atoms with Crippen LogP contribution in [-0.4, -0.2) is 20.1 Å². The predicted molar refractivity (Wildman–Crippen MR) is 76.2 cm³/mol. The highest BCUT2D eigenvalue weighted by Gasteiger charge is 2.27. The summed E-state index contributed by atoms with van der Waals surface area (Å²) >= 11 is 0. The average Bonchev–Trinajstić information content (AvgIpc) is 2.40. The summed E-state index contributed by atoms with van der Waals surface area (Å²) in [6.07, 6.45) is 0.888. The maximum Gasteiger partial charge on any atom is 0.244 e. The van der Waals surface area contributed by atoms with Crippen molar-refractivity contribution < 1.29 is 13.5 Å². The number of rotatable bonds is 4. The molecule has 1 atom stereocenters. The number of hydrogen-bond acceptors (Lipinski definition) is 3. The summed E-state index contributed by atoms with van der Waals surface area (Å²) in [7, 11) is -3.66. The molecule has 4 nitrogen and oxygen atoms in total.